The van der Waals surface area contributed by atoms with Crippen LogP contribution >= 0.6 is 0 Å². The SMILES string of the molecule is Cc1ccc(F)c(C(O)C2(N(C)C)CCCCC2)c1. The topological polar surface area (TPSA) is 23.5 Å². The summed E-state index contributed by atoms with van der Waals surface area (Å²) in [6.45, 7) is 1.93. The fraction of sp³-hybridized carbons (Fsp3) is 0.625. The zero-order valence-corrected chi connectivity index (χ0v) is 12.1. The lowest BCUT2D eigenvalue weighted by molar-refractivity contribution is -0.0352. The molecule has 1 atom stereocenters. The Morgan fingerprint density at radius 1 is 1.21 bits per heavy atom. The standard InChI is InChI=1S/C16H24FNO/c1-12-7-8-14(17)13(11-12)15(19)16(18(2)3)9-5-4-6-10-16/h7-8,11,15,19H,4-6,9-10H2,1-3H3. The number of hydrogen-bond donors (Lipinski definition) is 1. The highest BCUT2D eigenvalue weighted by Gasteiger charge is 2.42. The summed E-state index contributed by atoms with van der Waals surface area (Å²) in [6, 6.07) is 4.98. The predicted octanol–water partition coefficient (Wildman–Crippen LogP) is 3.43. The van der Waals surface area contributed by atoms with E-state index in [0.29, 0.717) is 5.56 Å². The van der Waals surface area contributed by atoms with Crippen molar-refractivity contribution in [3.05, 3.63) is 35.1 Å². The van der Waals surface area contributed by atoms with Crippen molar-refractivity contribution in [2.24, 2.45) is 0 Å². The van der Waals surface area contributed by atoms with Gasteiger partial charge in [0.15, 0.2) is 0 Å². The lowest BCUT2D eigenvalue weighted by Gasteiger charge is -2.46. The molecule has 0 aromatic heterocycles. The number of hydrogen-bond acceptors (Lipinski definition) is 2. The number of rotatable bonds is 3. The van der Waals surface area contributed by atoms with Crippen LogP contribution in [0, 0.1) is 12.7 Å². The smallest absolute Gasteiger partial charge is 0.129 e. The predicted molar refractivity (Wildman–Crippen MR) is 75.6 cm³/mol. The Morgan fingerprint density at radius 3 is 2.42 bits per heavy atom. The van der Waals surface area contributed by atoms with E-state index < -0.39 is 6.10 Å². The Kier molecular flexibility index (Phi) is 4.26. The molecule has 1 N–H and O–H groups in total. The molecule has 0 heterocycles. The van der Waals surface area contributed by atoms with Crippen molar-refractivity contribution in [3.8, 4) is 0 Å². The second-order valence-electron chi connectivity index (χ2n) is 5.99. The molecule has 1 aliphatic rings. The minimum atomic E-state index is -0.761. The van der Waals surface area contributed by atoms with Gasteiger partial charge in [0, 0.05) is 5.56 Å². The number of likely N-dealkylation sites (N-methyl/N-ethyl adjacent to an activating group) is 1. The number of aliphatic hydroxyl groups excluding tert-OH is 1. The molecular formula is C16H24FNO. The zero-order chi connectivity index (χ0) is 14.0. The van der Waals surface area contributed by atoms with Crippen LogP contribution < -0.4 is 0 Å². The number of benzene rings is 1. The van der Waals surface area contributed by atoms with Crippen molar-refractivity contribution in [1.82, 2.24) is 4.90 Å². The third kappa shape index (κ3) is 2.67. The van der Waals surface area contributed by atoms with E-state index in [1.54, 1.807) is 12.1 Å². The van der Waals surface area contributed by atoms with Gasteiger partial charge in [0.25, 0.3) is 0 Å². The van der Waals surface area contributed by atoms with Gasteiger partial charge in [-0.05, 0) is 39.9 Å². The molecule has 0 aliphatic heterocycles. The number of aryl methyl sites for hydroxylation is 1. The number of nitrogens with zero attached hydrogens (tertiary/aromatic N) is 1. The Bertz CT molecular complexity index is 438. The highest BCUT2D eigenvalue weighted by molar-refractivity contribution is 5.28. The van der Waals surface area contributed by atoms with Crippen molar-refractivity contribution in [2.45, 2.75) is 50.7 Å². The molecule has 1 aromatic carbocycles. The summed E-state index contributed by atoms with van der Waals surface area (Å²) >= 11 is 0. The molecule has 0 amide bonds. The molecule has 1 aliphatic carbocycles. The summed E-state index contributed by atoms with van der Waals surface area (Å²) in [4.78, 5) is 2.08. The van der Waals surface area contributed by atoms with E-state index in [-0.39, 0.29) is 11.4 Å². The third-order valence-electron chi connectivity index (χ3n) is 4.57. The molecule has 3 heteroatoms. The first kappa shape index (κ1) is 14.5. The lowest BCUT2D eigenvalue weighted by Crippen LogP contribution is -2.50. The summed E-state index contributed by atoms with van der Waals surface area (Å²) in [5.74, 6) is -0.301. The maximum atomic E-state index is 14.0. The van der Waals surface area contributed by atoms with Gasteiger partial charge in [-0.3, -0.25) is 0 Å². The van der Waals surface area contributed by atoms with Crippen LogP contribution in [0.4, 0.5) is 4.39 Å². The van der Waals surface area contributed by atoms with E-state index in [1.807, 2.05) is 21.0 Å². The van der Waals surface area contributed by atoms with Gasteiger partial charge in [0.05, 0.1) is 5.54 Å². The summed E-state index contributed by atoms with van der Waals surface area (Å²) in [7, 11) is 3.98. The lowest BCUT2D eigenvalue weighted by atomic mass is 9.74. The molecule has 1 aromatic rings. The van der Waals surface area contributed by atoms with Gasteiger partial charge in [-0.2, -0.15) is 0 Å². The molecule has 106 valence electrons. The van der Waals surface area contributed by atoms with Gasteiger partial charge in [-0.25, -0.2) is 4.39 Å². The first-order valence-electron chi connectivity index (χ1n) is 7.09. The molecule has 1 fully saturated rings. The van der Waals surface area contributed by atoms with Crippen molar-refractivity contribution in [1.29, 1.82) is 0 Å². The van der Waals surface area contributed by atoms with Crippen LogP contribution in [-0.4, -0.2) is 29.6 Å². The summed E-state index contributed by atoms with van der Waals surface area (Å²) in [6.07, 6.45) is 4.50. The van der Waals surface area contributed by atoms with Gasteiger partial charge < -0.3 is 10.0 Å². The minimum absolute atomic E-state index is 0.301. The molecular weight excluding hydrogens is 241 g/mol. The van der Waals surface area contributed by atoms with Crippen LogP contribution in [0.2, 0.25) is 0 Å². The van der Waals surface area contributed by atoms with Crippen molar-refractivity contribution in [2.75, 3.05) is 14.1 Å². The summed E-state index contributed by atoms with van der Waals surface area (Å²) in [5, 5.41) is 10.8. The van der Waals surface area contributed by atoms with Crippen molar-refractivity contribution >= 4 is 0 Å². The average molecular weight is 265 g/mol. The summed E-state index contributed by atoms with van der Waals surface area (Å²) < 4.78 is 14.0. The highest BCUT2D eigenvalue weighted by Crippen LogP contribution is 2.42. The fourth-order valence-electron chi connectivity index (χ4n) is 3.29. The van der Waals surface area contributed by atoms with Gasteiger partial charge in [0.2, 0.25) is 0 Å². The monoisotopic (exact) mass is 265 g/mol. The Balaban J connectivity index is 2.39. The molecule has 0 bridgehead atoms. The maximum absolute atomic E-state index is 14.0. The van der Waals surface area contributed by atoms with E-state index in [4.69, 9.17) is 0 Å². The largest absolute Gasteiger partial charge is 0.386 e. The molecule has 2 nitrogen and oxygen atoms in total. The normalized spacial score (nSPS) is 20.5. The van der Waals surface area contributed by atoms with E-state index in [2.05, 4.69) is 4.90 Å². The molecule has 1 saturated carbocycles. The van der Waals surface area contributed by atoms with E-state index in [1.165, 1.54) is 12.5 Å². The molecule has 0 radical (unpaired) electrons. The van der Waals surface area contributed by atoms with Gasteiger partial charge in [-0.15, -0.1) is 0 Å². The molecule has 2 rings (SSSR count). The third-order valence-corrected chi connectivity index (χ3v) is 4.57. The van der Waals surface area contributed by atoms with Crippen molar-refractivity contribution < 1.29 is 9.50 Å². The quantitative estimate of drug-likeness (QED) is 0.905. The average Bonchev–Trinajstić information content (AvgIpc) is 2.41. The Morgan fingerprint density at radius 2 is 1.84 bits per heavy atom. The van der Waals surface area contributed by atoms with Crippen LogP contribution in [0.25, 0.3) is 0 Å². The molecule has 0 spiro atoms. The first-order chi connectivity index (χ1) is 8.97. The van der Waals surface area contributed by atoms with E-state index in [0.717, 1.165) is 31.2 Å². The maximum Gasteiger partial charge on any atom is 0.129 e. The van der Waals surface area contributed by atoms with Gasteiger partial charge in [-0.1, -0.05) is 37.0 Å². The second-order valence-corrected chi connectivity index (χ2v) is 5.99. The van der Waals surface area contributed by atoms with E-state index in [9.17, 15) is 9.50 Å². The van der Waals surface area contributed by atoms with Crippen LogP contribution in [0.1, 0.15) is 49.3 Å². The van der Waals surface area contributed by atoms with Gasteiger partial charge >= 0.3 is 0 Å². The summed E-state index contributed by atoms with van der Waals surface area (Å²) in [5.41, 5.74) is 1.10. The number of halogens is 1. The van der Waals surface area contributed by atoms with Crippen LogP contribution in [0.3, 0.4) is 0 Å². The Labute approximate surface area is 115 Å². The molecule has 0 saturated heterocycles. The van der Waals surface area contributed by atoms with Crippen LogP contribution in [-0.2, 0) is 0 Å². The first-order valence-corrected chi connectivity index (χ1v) is 7.09. The number of aliphatic hydroxyl groups is 1. The molecule has 1 unspecified atom stereocenters. The van der Waals surface area contributed by atoms with Crippen LogP contribution in [0.5, 0.6) is 0 Å². The second kappa shape index (κ2) is 5.59. The van der Waals surface area contributed by atoms with Crippen LogP contribution in [0.15, 0.2) is 18.2 Å². The molecule has 19 heavy (non-hydrogen) atoms. The Hall–Kier alpha value is -0.930. The zero-order valence-electron chi connectivity index (χ0n) is 12.1. The fourth-order valence-corrected chi connectivity index (χ4v) is 3.29. The minimum Gasteiger partial charge on any atom is -0.386 e. The van der Waals surface area contributed by atoms with E-state index >= 15 is 0 Å². The van der Waals surface area contributed by atoms with Crippen molar-refractivity contribution in [3.63, 3.8) is 0 Å². The van der Waals surface area contributed by atoms with Gasteiger partial charge in [0.1, 0.15) is 11.9 Å². The highest BCUT2D eigenvalue weighted by atomic mass is 19.1.